The Morgan fingerprint density at radius 1 is 1.30 bits per heavy atom. The molecule has 1 heterocycles. The Hall–Kier alpha value is -2.83. The Morgan fingerprint density at radius 2 is 2.09 bits per heavy atom. The van der Waals surface area contributed by atoms with Crippen molar-refractivity contribution in [3.63, 3.8) is 0 Å². The van der Waals surface area contributed by atoms with E-state index in [1.165, 1.54) is 24.3 Å². The predicted molar refractivity (Wildman–Crippen MR) is 84.3 cm³/mol. The van der Waals surface area contributed by atoms with E-state index in [2.05, 4.69) is 15.0 Å². The van der Waals surface area contributed by atoms with Gasteiger partial charge in [0.2, 0.25) is 5.91 Å². The standard InChI is InChI=1S/C16H19N3O4/c1-3-9-19(11-15(20)17-14-8-10-23-18-14)16(21)12-6-4-5-7-13(12)22-2/h4-8,10H,3,9,11H2,1-2H3,(H,17,18,20). The number of hydrogen-bond donors (Lipinski definition) is 1. The van der Waals surface area contributed by atoms with Crippen LogP contribution in [0.2, 0.25) is 0 Å². The van der Waals surface area contributed by atoms with Crippen LogP contribution in [0.25, 0.3) is 0 Å². The van der Waals surface area contributed by atoms with Crippen molar-refractivity contribution < 1.29 is 18.8 Å². The Bertz CT molecular complexity index is 655. The molecule has 0 saturated carbocycles. The zero-order valence-corrected chi connectivity index (χ0v) is 13.1. The van der Waals surface area contributed by atoms with Gasteiger partial charge in [0.1, 0.15) is 18.6 Å². The first kappa shape index (κ1) is 16.5. The molecule has 7 heteroatoms. The van der Waals surface area contributed by atoms with Gasteiger partial charge in [-0.05, 0) is 18.6 Å². The van der Waals surface area contributed by atoms with Crippen LogP contribution in [0.5, 0.6) is 5.75 Å². The van der Waals surface area contributed by atoms with E-state index in [9.17, 15) is 9.59 Å². The van der Waals surface area contributed by atoms with Gasteiger partial charge >= 0.3 is 0 Å². The van der Waals surface area contributed by atoms with Crippen molar-refractivity contribution in [2.24, 2.45) is 0 Å². The summed E-state index contributed by atoms with van der Waals surface area (Å²) in [5, 5.41) is 6.19. The molecule has 0 fully saturated rings. The van der Waals surface area contributed by atoms with Crippen LogP contribution < -0.4 is 10.1 Å². The number of hydrogen-bond acceptors (Lipinski definition) is 5. The molecule has 0 saturated heterocycles. The average molecular weight is 317 g/mol. The Morgan fingerprint density at radius 3 is 2.74 bits per heavy atom. The lowest BCUT2D eigenvalue weighted by molar-refractivity contribution is -0.116. The highest BCUT2D eigenvalue weighted by molar-refractivity contribution is 6.00. The van der Waals surface area contributed by atoms with Gasteiger partial charge in [-0.3, -0.25) is 9.59 Å². The molecule has 2 aromatic rings. The van der Waals surface area contributed by atoms with Gasteiger partial charge in [-0.1, -0.05) is 24.2 Å². The highest BCUT2D eigenvalue weighted by atomic mass is 16.5. The molecule has 2 rings (SSSR count). The summed E-state index contributed by atoms with van der Waals surface area (Å²) < 4.78 is 9.87. The summed E-state index contributed by atoms with van der Waals surface area (Å²) in [6.45, 7) is 2.33. The highest BCUT2D eigenvalue weighted by Gasteiger charge is 2.21. The number of methoxy groups -OCH3 is 1. The number of benzene rings is 1. The van der Waals surface area contributed by atoms with Crippen LogP contribution >= 0.6 is 0 Å². The average Bonchev–Trinajstić information content (AvgIpc) is 3.06. The van der Waals surface area contributed by atoms with Gasteiger partial charge in [-0.15, -0.1) is 0 Å². The Labute approximate surface area is 134 Å². The molecule has 0 unspecified atom stereocenters. The lowest BCUT2D eigenvalue weighted by atomic mass is 10.1. The SMILES string of the molecule is CCCN(CC(=O)Nc1ccon1)C(=O)c1ccccc1OC. The molecule has 7 nitrogen and oxygen atoms in total. The van der Waals surface area contributed by atoms with Gasteiger partial charge in [0, 0.05) is 12.6 Å². The second kappa shape index (κ2) is 7.98. The van der Waals surface area contributed by atoms with E-state index < -0.39 is 0 Å². The van der Waals surface area contributed by atoms with Gasteiger partial charge < -0.3 is 19.5 Å². The van der Waals surface area contributed by atoms with E-state index in [-0.39, 0.29) is 18.4 Å². The molecule has 0 radical (unpaired) electrons. The van der Waals surface area contributed by atoms with Crippen molar-refractivity contribution in [2.75, 3.05) is 25.5 Å². The highest BCUT2D eigenvalue weighted by Crippen LogP contribution is 2.19. The summed E-state index contributed by atoms with van der Waals surface area (Å²) in [6.07, 6.45) is 2.09. The first-order chi connectivity index (χ1) is 11.2. The third-order valence-electron chi connectivity index (χ3n) is 3.16. The normalized spacial score (nSPS) is 10.2. The minimum Gasteiger partial charge on any atom is -0.496 e. The quantitative estimate of drug-likeness (QED) is 0.846. The van der Waals surface area contributed by atoms with Crippen LogP contribution in [0, 0.1) is 0 Å². The number of aromatic nitrogens is 1. The number of carbonyl (C=O) groups excluding carboxylic acids is 2. The maximum absolute atomic E-state index is 12.7. The van der Waals surface area contributed by atoms with Crippen LogP contribution in [-0.2, 0) is 4.79 Å². The lowest BCUT2D eigenvalue weighted by Crippen LogP contribution is -2.38. The van der Waals surface area contributed by atoms with Gasteiger partial charge in [0.15, 0.2) is 5.82 Å². The summed E-state index contributed by atoms with van der Waals surface area (Å²) in [5.74, 6) is 0.210. The lowest BCUT2D eigenvalue weighted by Gasteiger charge is -2.22. The Balaban J connectivity index is 2.10. The number of anilines is 1. The summed E-state index contributed by atoms with van der Waals surface area (Å²) >= 11 is 0. The second-order valence-corrected chi connectivity index (χ2v) is 4.86. The molecule has 1 N–H and O–H groups in total. The summed E-state index contributed by atoms with van der Waals surface area (Å²) in [5.41, 5.74) is 0.428. The van der Waals surface area contributed by atoms with Crippen LogP contribution in [-0.4, -0.2) is 42.1 Å². The van der Waals surface area contributed by atoms with Crippen LogP contribution in [0.1, 0.15) is 23.7 Å². The molecule has 122 valence electrons. The van der Waals surface area contributed by atoms with Gasteiger partial charge in [-0.25, -0.2) is 0 Å². The molecule has 23 heavy (non-hydrogen) atoms. The van der Waals surface area contributed by atoms with Crippen molar-refractivity contribution in [2.45, 2.75) is 13.3 Å². The number of para-hydroxylation sites is 1. The van der Waals surface area contributed by atoms with Crippen LogP contribution in [0.15, 0.2) is 41.1 Å². The molecule has 0 atom stereocenters. The fourth-order valence-electron chi connectivity index (χ4n) is 2.15. The number of rotatable bonds is 7. The van der Waals surface area contributed by atoms with Crippen molar-refractivity contribution in [1.29, 1.82) is 0 Å². The predicted octanol–water partition coefficient (Wildman–Crippen LogP) is 2.17. The molecule has 0 aliphatic carbocycles. The van der Waals surface area contributed by atoms with Crippen molar-refractivity contribution in [3.8, 4) is 5.75 Å². The molecular weight excluding hydrogens is 298 g/mol. The van der Waals surface area contributed by atoms with E-state index in [4.69, 9.17) is 4.74 Å². The van der Waals surface area contributed by atoms with Crippen molar-refractivity contribution in [3.05, 3.63) is 42.2 Å². The molecule has 0 spiro atoms. The molecule has 2 amide bonds. The topological polar surface area (TPSA) is 84.7 Å². The number of amides is 2. The van der Waals surface area contributed by atoms with Crippen molar-refractivity contribution in [1.82, 2.24) is 10.1 Å². The Kier molecular flexibility index (Phi) is 5.74. The first-order valence-corrected chi connectivity index (χ1v) is 7.28. The number of carbonyl (C=O) groups is 2. The first-order valence-electron chi connectivity index (χ1n) is 7.28. The molecule has 1 aromatic carbocycles. The summed E-state index contributed by atoms with van der Waals surface area (Å²) in [7, 11) is 1.51. The minimum atomic E-state index is -0.337. The third-order valence-corrected chi connectivity index (χ3v) is 3.16. The summed E-state index contributed by atoms with van der Waals surface area (Å²) in [4.78, 5) is 26.2. The van der Waals surface area contributed by atoms with Crippen LogP contribution in [0.3, 0.4) is 0 Å². The zero-order chi connectivity index (χ0) is 16.7. The molecule has 1 aromatic heterocycles. The fourth-order valence-corrected chi connectivity index (χ4v) is 2.15. The maximum atomic E-state index is 12.7. The molecule has 0 aliphatic rings. The van der Waals surface area contributed by atoms with E-state index >= 15 is 0 Å². The van der Waals surface area contributed by atoms with E-state index in [0.717, 1.165) is 6.42 Å². The van der Waals surface area contributed by atoms with Crippen molar-refractivity contribution >= 4 is 17.6 Å². The van der Waals surface area contributed by atoms with Gasteiger partial charge in [0.25, 0.3) is 5.91 Å². The van der Waals surface area contributed by atoms with Gasteiger partial charge in [0.05, 0.1) is 12.7 Å². The number of nitrogens with one attached hydrogen (secondary N) is 1. The minimum absolute atomic E-state index is 0.0718. The summed E-state index contributed by atoms with van der Waals surface area (Å²) in [6, 6.07) is 8.47. The van der Waals surface area contributed by atoms with Gasteiger partial charge in [-0.2, -0.15) is 0 Å². The maximum Gasteiger partial charge on any atom is 0.258 e. The number of ether oxygens (including phenoxy) is 1. The third kappa shape index (κ3) is 4.32. The molecule has 0 aliphatic heterocycles. The largest absolute Gasteiger partial charge is 0.496 e. The monoisotopic (exact) mass is 317 g/mol. The molecular formula is C16H19N3O4. The number of nitrogens with zero attached hydrogens (tertiary/aromatic N) is 2. The zero-order valence-electron chi connectivity index (χ0n) is 13.1. The van der Waals surface area contributed by atoms with E-state index in [1.54, 1.807) is 24.3 Å². The molecule has 0 bridgehead atoms. The van der Waals surface area contributed by atoms with Crippen LogP contribution in [0.4, 0.5) is 5.82 Å². The smallest absolute Gasteiger partial charge is 0.258 e. The van der Waals surface area contributed by atoms with E-state index in [0.29, 0.717) is 23.7 Å². The fraction of sp³-hybridized carbons (Fsp3) is 0.312. The van der Waals surface area contributed by atoms with E-state index in [1.807, 2.05) is 6.92 Å². The second-order valence-electron chi connectivity index (χ2n) is 4.86.